The molecular weight excluding hydrogens is 308 g/mol. The van der Waals surface area contributed by atoms with E-state index in [2.05, 4.69) is 4.74 Å². The van der Waals surface area contributed by atoms with Crippen molar-refractivity contribution in [3.05, 3.63) is 23.8 Å². The molecule has 0 radical (unpaired) electrons. The molecule has 0 spiro atoms. The first-order valence-corrected chi connectivity index (χ1v) is 5.88. The molecule has 1 aromatic rings. The van der Waals surface area contributed by atoms with Crippen molar-refractivity contribution in [3.63, 3.8) is 0 Å². The van der Waals surface area contributed by atoms with E-state index in [1.54, 1.807) is 0 Å². The zero-order chi connectivity index (χ0) is 15.1. The third kappa shape index (κ3) is 6.59. The molecule has 0 fully saturated rings. The van der Waals surface area contributed by atoms with Crippen molar-refractivity contribution >= 4 is 5.97 Å². The van der Waals surface area contributed by atoms with E-state index in [1.807, 2.05) is 19.0 Å². The van der Waals surface area contributed by atoms with Gasteiger partial charge in [0.1, 0.15) is 6.61 Å². The van der Waals surface area contributed by atoms with Crippen LogP contribution in [0.1, 0.15) is 10.4 Å². The molecule has 1 aromatic carbocycles. The largest absolute Gasteiger partial charge is 1.00 e. The topological polar surface area (TPSA) is 48.0 Å². The number of methoxy groups -OCH3 is 1. The summed E-state index contributed by atoms with van der Waals surface area (Å²) in [4.78, 5) is 13.6. The van der Waals surface area contributed by atoms with E-state index < -0.39 is 12.6 Å². The monoisotopic (exact) mass is 324 g/mol. The molecule has 0 unspecified atom stereocenters. The van der Waals surface area contributed by atoms with Crippen LogP contribution in [0.5, 0.6) is 11.5 Å². The summed E-state index contributed by atoms with van der Waals surface area (Å²) in [6, 6.07) is 3.89. The van der Waals surface area contributed by atoms with Crippen molar-refractivity contribution in [3.8, 4) is 11.5 Å². The van der Waals surface area contributed by atoms with Crippen molar-refractivity contribution < 1.29 is 40.2 Å². The number of halogens is 3. The predicted molar refractivity (Wildman–Crippen MR) is 68.5 cm³/mol. The quantitative estimate of drug-likeness (QED) is 0.603. The molecule has 1 rings (SSSR count). The van der Waals surface area contributed by atoms with Gasteiger partial charge in [0.15, 0.2) is 11.5 Å². The maximum absolute atomic E-state index is 12.2. The molecule has 0 aromatic heterocycles. The van der Waals surface area contributed by atoms with Gasteiger partial charge >= 0.3 is 12.6 Å². The molecule has 0 saturated heterocycles. The Bertz CT molecular complexity index is 458. The predicted octanol–water partition coefficient (Wildman–Crippen LogP) is -0.981. The fourth-order valence-corrected chi connectivity index (χ4v) is 1.39. The Morgan fingerprint density at radius 2 is 1.95 bits per heavy atom. The fourth-order valence-electron chi connectivity index (χ4n) is 1.39. The molecule has 0 atom stereocenters. The first-order chi connectivity index (χ1) is 9.43. The smallest absolute Gasteiger partial charge is 0.387 e. The molecule has 0 amide bonds. The van der Waals surface area contributed by atoms with Crippen molar-refractivity contribution in [2.75, 3.05) is 34.4 Å². The molecule has 0 aliphatic heterocycles. The molecule has 0 saturated carbocycles. The van der Waals surface area contributed by atoms with Gasteiger partial charge in [-0.1, -0.05) is 0 Å². The van der Waals surface area contributed by atoms with Crippen LogP contribution in [0.2, 0.25) is 0 Å². The van der Waals surface area contributed by atoms with E-state index >= 15 is 0 Å². The summed E-state index contributed by atoms with van der Waals surface area (Å²) in [5, 5.41) is 0. The number of alkyl halides is 2. The van der Waals surface area contributed by atoms with Crippen LogP contribution in [-0.4, -0.2) is 51.8 Å². The summed E-state index contributed by atoms with van der Waals surface area (Å²) in [6.07, 6.45) is 0. The van der Waals surface area contributed by atoms with Gasteiger partial charge in [-0.15, -0.1) is 0 Å². The minimum Gasteiger partial charge on any atom is -1.00 e. The number of benzene rings is 1. The normalized spacial score (nSPS) is 10.2. The molecule has 0 bridgehead atoms. The number of carbonyl (C=O) groups is 1. The minimum atomic E-state index is -2.96. The molecule has 5 nitrogen and oxygen atoms in total. The lowest BCUT2D eigenvalue weighted by Crippen LogP contribution is -3.00. The van der Waals surface area contributed by atoms with Gasteiger partial charge in [0.25, 0.3) is 0 Å². The Labute approximate surface area is 128 Å². The summed E-state index contributed by atoms with van der Waals surface area (Å²) in [5.41, 5.74) is 0.210. The molecular formula is C13H17ClF2NO4-. The third-order valence-electron chi connectivity index (χ3n) is 2.39. The standard InChI is InChI=1S/C13H17F2NO4.ClH/c1-16(2)6-7-19-12(17)9-4-5-10(20-13(14)15)11(8-9)18-3;/h4-5,8,13H,6-7H2,1-3H3;1H/p-1. The SMILES string of the molecule is COc1cc(C(=O)OCCN(C)C)ccc1OC(F)F.[Cl-]. The van der Waals surface area contributed by atoms with E-state index in [0.717, 1.165) is 0 Å². The molecule has 21 heavy (non-hydrogen) atoms. The first-order valence-electron chi connectivity index (χ1n) is 5.88. The number of likely N-dealkylation sites (N-methyl/N-ethyl adjacent to an activating group) is 1. The second-order valence-corrected chi connectivity index (χ2v) is 4.18. The number of hydrogen-bond acceptors (Lipinski definition) is 5. The molecule has 0 aliphatic rings. The van der Waals surface area contributed by atoms with Crippen LogP contribution in [0.25, 0.3) is 0 Å². The Morgan fingerprint density at radius 3 is 2.48 bits per heavy atom. The molecule has 0 heterocycles. The van der Waals surface area contributed by atoms with Crippen molar-refractivity contribution in [2.45, 2.75) is 6.61 Å². The summed E-state index contributed by atoms with van der Waals surface area (Å²) in [7, 11) is 5.01. The number of rotatable bonds is 7. The van der Waals surface area contributed by atoms with Crippen LogP contribution in [-0.2, 0) is 4.74 Å². The Hall–Kier alpha value is -1.60. The summed E-state index contributed by atoms with van der Waals surface area (Å²) < 4.78 is 38.5. The van der Waals surface area contributed by atoms with Gasteiger partial charge in [-0.25, -0.2) is 4.79 Å². The van der Waals surface area contributed by atoms with Gasteiger partial charge < -0.3 is 31.5 Å². The van der Waals surface area contributed by atoms with E-state index in [4.69, 9.17) is 9.47 Å². The molecule has 0 aliphatic carbocycles. The number of carbonyl (C=O) groups excluding carboxylic acids is 1. The van der Waals surface area contributed by atoms with Crippen molar-refractivity contribution in [1.82, 2.24) is 4.90 Å². The summed E-state index contributed by atoms with van der Waals surface area (Å²) >= 11 is 0. The highest BCUT2D eigenvalue weighted by Crippen LogP contribution is 2.29. The first kappa shape index (κ1) is 19.4. The Morgan fingerprint density at radius 1 is 1.29 bits per heavy atom. The lowest BCUT2D eigenvalue weighted by Gasteiger charge is -2.12. The zero-order valence-electron chi connectivity index (χ0n) is 11.9. The summed E-state index contributed by atoms with van der Waals surface area (Å²) in [6.45, 7) is -2.12. The average Bonchev–Trinajstić information content (AvgIpc) is 2.37. The Balaban J connectivity index is 0.00000400. The van der Waals surface area contributed by atoms with E-state index in [1.165, 1.54) is 25.3 Å². The minimum absolute atomic E-state index is 0. The van der Waals surface area contributed by atoms with Crippen LogP contribution >= 0.6 is 0 Å². The second kappa shape index (κ2) is 9.36. The van der Waals surface area contributed by atoms with Gasteiger partial charge in [0.2, 0.25) is 0 Å². The lowest BCUT2D eigenvalue weighted by atomic mass is 10.2. The van der Waals surface area contributed by atoms with Crippen LogP contribution in [0.3, 0.4) is 0 Å². The van der Waals surface area contributed by atoms with Gasteiger partial charge in [0, 0.05) is 6.54 Å². The second-order valence-electron chi connectivity index (χ2n) is 4.18. The highest BCUT2D eigenvalue weighted by Gasteiger charge is 2.14. The third-order valence-corrected chi connectivity index (χ3v) is 2.39. The fraction of sp³-hybridized carbons (Fsp3) is 0.462. The van der Waals surface area contributed by atoms with Crippen LogP contribution in [0, 0.1) is 0 Å². The van der Waals surface area contributed by atoms with E-state index in [-0.39, 0.29) is 36.1 Å². The maximum atomic E-state index is 12.2. The highest BCUT2D eigenvalue weighted by atomic mass is 35.5. The molecule has 0 N–H and O–H groups in total. The van der Waals surface area contributed by atoms with E-state index in [9.17, 15) is 13.6 Å². The number of esters is 1. The van der Waals surface area contributed by atoms with Gasteiger partial charge in [-0.3, -0.25) is 0 Å². The van der Waals surface area contributed by atoms with Crippen LogP contribution in [0.4, 0.5) is 8.78 Å². The number of hydrogen-bond donors (Lipinski definition) is 0. The maximum Gasteiger partial charge on any atom is 0.387 e. The number of nitrogens with zero attached hydrogens (tertiary/aromatic N) is 1. The molecule has 8 heteroatoms. The highest BCUT2D eigenvalue weighted by molar-refractivity contribution is 5.90. The van der Waals surface area contributed by atoms with Crippen LogP contribution < -0.4 is 21.9 Å². The van der Waals surface area contributed by atoms with E-state index in [0.29, 0.717) is 6.54 Å². The van der Waals surface area contributed by atoms with Crippen molar-refractivity contribution in [1.29, 1.82) is 0 Å². The summed E-state index contributed by atoms with van der Waals surface area (Å²) in [5.74, 6) is -0.631. The average molecular weight is 325 g/mol. The Kier molecular flexibility index (Phi) is 8.64. The molecule has 120 valence electrons. The zero-order valence-corrected chi connectivity index (χ0v) is 12.7. The lowest BCUT2D eigenvalue weighted by molar-refractivity contribution is -0.0512. The van der Waals surface area contributed by atoms with Gasteiger partial charge in [0.05, 0.1) is 12.7 Å². The van der Waals surface area contributed by atoms with Gasteiger partial charge in [-0.05, 0) is 32.3 Å². The van der Waals surface area contributed by atoms with Crippen LogP contribution in [0.15, 0.2) is 18.2 Å². The number of ether oxygens (including phenoxy) is 3. The van der Waals surface area contributed by atoms with Gasteiger partial charge in [-0.2, -0.15) is 8.78 Å². The van der Waals surface area contributed by atoms with Crippen molar-refractivity contribution in [2.24, 2.45) is 0 Å².